The molecule has 0 N–H and O–H groups in total. The van der Waals surface area contributed by atoms with E-state index in [4.69, 9.17) is 27.9 Å². The van der Waals surface area contributed by atoms with Gasteiger partial charge in [-0.15, -0.1) is 0 Å². The molecule has 0 saturated carbocycles. The van der Waals surface area contributed by atoms with Gasteiger partial charge in [-0.05, 0) is 29.8 Å². The fourth-order valence-corrected chi connectivity index (χ4v) is 4.08. The maximum Gasteiger partial charge on any atom is 0.189 e. The van der Waals surface area contributed by atoms with E-state index in [1.165, 1.54) is 11.8 Å². The van der Waals surface area contributed by atoms with Gasteiger partial charge in [-0.3, -0.25) is 0 Å². The smallest absolute Gasteiger partial charge is 0.189 e. The first kappa shape index (κ1) is 18.4. The average molecular weight is 409 g/mol. The molecule has 0 amide bonds. The molecule has 0 bridgehead atoms. The number of benzene rings is 2. The summed E-state index contributed by atoms with van der Waals surface area (Å²) in [6.07, 6.45) is 1.69. The SMILES string of the molecule is COc1cnc(SCc2ccc(Cl)cc2)nc1Sc1ccccc1Cl. The zero-order valence-electron chi connectivity index (χ0n) is 13.3. The molecule has 0 aliphatic heterocycles. The molecule has 0 unspecified atom stereocenters. The summed E-state index contributed by atoms with van der Waals surface area (Å²) in [4.78, 5) is 9.90. The van der Waals surface area contributed by atoms with Crippen molar-refractivity contribution in [3.05, 3.63) is 70.3 Å². The first-order valence-electron chi connectivity index (χ1n) is 7.36. The van der Waals surface area contributed by atoms with Crippen molar-refractivity contribution in [3.63, 3.8) is 0 Å². The van der Waals surface area contributed by atoms with Gasteiger partial charge in [0.1, 0.15) is 5.03 Å². The van der Waals surface area contributed by atoms with E-state index in [-0.39, 0.29) is 0 Å². The zero-order valence-corrected chi connectivity index (χ0v) is 16.4. The number of halogens is 2. The van der Waals surface area contributed by atoms with Gasteiger partial charge in [0.2, 0.25) is 0 Å². The first-order chi connectivity index (χ1) is 12.2. The van der Waals surface area contributed by atoms with E-state index in [0.29, 0.717) is 15.9 Å². The second-order valence-electron chi connectivity index (χ2n) is 4.97. The first-order valence-corrected chi connectivity index (χ1v) is 9.92. The van der Waals surface area contributed by atoms with Crippen molar-refractivity contribution in [2.75, 3.05) is 7.11 Å². The molecule has 7 heteroatoms. The van der Waals surface area contributed by atoms with Crippen LogP contribution in [0.4, 0.5) is 0 Å². The van der Waals surface area contributed by atoms with Gasteiger partial charge in [0.05, 0.1) is 18.3 Å². The van der Waals surface area contributed by atoms with E-state index in [0.717, 1.165) is 26.3 Å². The Kier molecular flexibility index (Phi) is 6.48. The van der Waals surface area contributed by atoms with Crippen LogP contribution in [0.5, 0.6) is 5.75 Å². The highest BCUT2D eigenvalue weighted by Crippen LogP contribution is 2.37. The fourth-order valence-electron chi connectivity index (χ4n) is 1.98. The summed E-state index contributed by atoms with van der Waals surface area (Å²) >= 11 is 15.2. The molecule has 3 rings (SSSR count). The lowest BCUT2D eigenvalue weighted by Gasteiger charge is -2.09. The topological polar surface area (TPSA) is 35.0 Å². The Morgan fingerprint density at radius 1 is 1.04 bits per heavy atom. The van der Waals surface area contributed by atoms with Gasteiger partial charge in [-0.25, -0.2) is 9.97 Å². The molecule has 3 nitrogen and oxygen atoms in total. The quantitative estimate of drug-likeness (QED) is 0.274. The number of ether oxygens (including phenoxy) is 1. The predicted molar refractivity (Wildman–Crippen MR) is 105 cm³/mol. The maximum absolute atomic E-state index is 6.24. The predicted octanol–water partition coefficient (Wildman–Crippen LogP) is 6.24. The Morgan fingerprint density at radius 2 is 1.80 bits per heavy atom. The minimum absolute atomic E-state index is 0.626. The van der Waals surface area contributed by atoms with Crippen molar-refractivity contribution < 1.29 is 4.74 Å². The standard InChI is InChI=1S/C18H14Cl2N2OS2/c1-23-15-10-21-18(24-11-12-6-8-13(19)9-7-12)22-17(15)25-16-5-3-2-4-14(16)20/h2-10H,11H2,1H3. The molecule has 0 fully saturated rings. The van der Waals surface area contributed by atoms with Crippen LogP contribution in [0.25, 0.3) is 0 Å². The van der Waals surface area contributed by atoms with Gasteiger partial charge in [-0.2, -0.15) is 0 Å². The minimum Gasteiger partial charge on any atom is -0.492 e. The summed E-state index contributed by atoms with van der Waals surface area (Å²) in [5.74, 6) is 1.39. The molecular formula is C18H14Cl2N2OS2. The Labute approximate surface area is 165 Å². The summed E-state index contributed by atoms with van der Waals surface area (Å²) in [5, 5.41) is 2.84. The molecular weight excluding hydrogens is 395 g/mol. The third-order valence-corrected chi connectivity index (χ3v) is 5.93. The van der Waals surface area contributed by atoms with E-state index in [1.54, 1.807) is 25.1 Å². The summed E-state index contributed by atoms with van der Waals surface area (Å²) in [6.45, 7) is 0. The van der Waals surface area contributed by atoms with Gasteiger partial charge < -0.3 is 4.74 Å². The maximum atomic E-state index is 6.24. The fraction of sp³-hybridized carbons (Fsp3) is 0.111. The molecule has 1 aromatic heterocycles. The number of aromatic nitrogens is 2. The van der Waals surface area contributed by atoms with Gasteiger partial charge >= 0.3 is 0 Å². The van der Waals surface area contributed by atoms with Gasteiger partial charge in [-0.1, -0.05) is 71.0 Å². The summed E-state index contributed by atoms with van der Waals surface area (Å²) in [7, 11) is 1.61. The van der Waals surface area contributed by atoms with E-state index >= 15 is 0 Å². The Balaban J connectivity index is 1.77. The molecule has 0 spiro atoms. The highest BCUT2D eigenvalue weighted by molar-refractivity contribution is 7.99. The lowest BCUT2D eigenvalue weighted by atomic mass is 10.2. The number of hydrogen-bond acceptors (Lipinski definition) is 5. The molecule has 0 aliphatic rings. The third kappa shape index (κ3) is 5.05. The second-order valence-corrected chi connectivity index (χ2v) is 7.79. The summed E-state index contributed by atoms with van der Waals surface area (Å²) in [6, 6.07) is 15.4. The van der Waals surface area contributed by atoms with E-state index in [9.17, 15) is 0 Å². The number of hydrogen-bond donors (Lipinski definition) is 0. The van der Waals surface area contributed by atoms with Crippen molar-refractivity contribution in [3.8, 4) is 5.75 Å². The number of nitrogens with zero attached hydrogens (tertiary/aromatic N) is 2. The van der Waals surface area contributed by atoms with E-state index in [2.05, 4.69) is 9.97 Å². The lowest BCUT2D eigenvalue weighted by Crippen LogP contribution is -1.95. The molecule has 0 radical (unpaired) electrons. The Bertz CT molecular complexity index is 860. The Hall–Kier alpha value is -1.40. The molecule has 128 valence electrons. The Morgan fingerprint density at radius 3 is 2.52 bits per heavy atom. The average Bonchev–Trinajstić information content (AvgIpc) is 2.63. The zero-order chi connectivity index (χ0) is 17.6. The van der Waals surface area contributed by atoms with Crippen LogP contribution in [0.1, 0.15) is 5.56 Å². The van der Waals surface area contributed by atoms with Crippen LogP contribution in [0.2, 0.25) is 10.0 Å². The number of rotatable bonds is 6. The summed E-state index contributed by atoms with van der Waals surface area (Å²) < 4.78 is 5.38. The van der Waals surface area contributed by atoms with E-state index < -0.39 is 0 Å². The van der Waals surface area contributed by atoms with Gasteiger partial charge in [0.15, 0.2) is 10.9 Å². The van der Waals surface area contributed by atoms with Crippen molar-refractivity contribution in [2.45, 2.75) is 20.8 Å². The van der Waals surface area contributed by atoms with Crippen molar-refractivity contribution in [1.82, 2.24) is 9.97 Å². The molecule has 2 aromatic carbocycles. The molecule has 0 atom stereocenters. The molecule has 1 heterocycles. The second kappa shape index (κ2) is 8.81. The number of thioether (sulfide) groups is 1. The van der Waals surface area contributed by atoms with Crippen LogP contribution in [0.3, 0.4) is 0 Å². The normalized spacial score (nSPS) is 10.7. The van der Waals surface area contributed by atoms with Gasteiger partial charge in [0.25, 0.3) is 0 Å². The van der Waals surface area contributed by atoms with Crippen molar-refractivity contribution >= 4 is 46.7 Å². The third-order valence-electron chi connectivity index (χ3n) is 3.24. The van der Waals surface area contributed by atoms with Crippen LogP contribution in [0, 0.1) is 0 Å². The minimum atomic E-state index is 0.626. The molecule has 25 heavy (non-hydrogen) atoms. The van der Waals surface area contributed by atoms with Crippen molar-refractivity contribution in [1.29, 1.82) is 0 Å². The largest absolute Gasteiger partial charge is 0.492 e. The molecule has 0 aliphatic carbocycles. The van der Waals surface area contributed by atoms with Crippen LogP contribution < -0.4 is 4.74 Å². The molecule has 3 aromatic rings. The highest BCUT2D eigenvalue weighted by atomic mass is 35.5. The van der Waals surface area contributed by atoms with Crippen molar-refractivity contribution in [2.24, 2.45) is 0 Å². The van der Waals surface area contributed by atoms with Crippen LogP contribution in [-0.4, -0.2) is 17.1 Å². The van der Waals surface area contributed by atoms with E-state index in [1.807, 2.05) is 48.5 Å². The van der Waals surface area contributed by atoms with Crippen LogP contribution >= 0.6 is 46.7 Å². The monoisotopic (exact) mass is 408 g/mol. The van der Waals surface area contributed by atoms with Gasteiger partial charge in [0, 0.05) is 15.7 Å². The highest BCUT2D eigenvalue weighted by Gasteiger charge is 2.12. The van der Waals surface area contributed by atoms with Crippen LogP contribution in [0.15, 0.2) is 69.8 Å². The number of methoxy groups -OCH3 is 1. The summed E-state index contributed by atoms with van der Waals surface area (Å²) in [5.41, 5.74) is 1.16. The van der Waals surface area contributed by atoms with Crippen LogP contribution in [-0.2, 0) is 5.75 Å². The molecule has 0 saturated heterocycles. The lowest BCUT2D eigenvalue weighted by molar-refractivity contribution is 0.395.